The van der Waals surface area contributed by atoms with E-state index in [4.69, 9.17) is 9.26 Å². The summed E-state index contributed by atoms with van der Waals surface area (Å²) in [5.74, 6) is 0.775. The highest BCUT2D eigenvalue weighted by Crippen LogP contribution is 2.33. The molecule has 1 aromatic rings. The third-order valence-corrected chi connectivity index (χ3v) is 3.29. The van der Waals surface area contributed by atoms with Gasteiger partial charge in [-0.05, 0) is 40.0 Å². The van der Waals surface area contributed by atoms with Crippen LogP contribution < -0.4 is 0 Å². The minimum atomic E-state index is -0.473. The Morgan fingerprint density at radius 2 is 2.30 bits per heavy atom. The van der Waals surface area contributed by atoms with Crippen molar-refractivity contribution in [1.29, 1.82) is 0 Å². The molecule has 1 aromatic heterocycles. The molecule has 20 heavy (non-hydrogen) atoms. The number of likely N-dealkylation sites (tertiary alicyclic amines) is 1. The monoisotopic (exact) mass is 280 g/mol. The molecule has 0 spiro atoms. The summed E-state index contributed by atoms with van der Waals surface area (Å²) >= 11 is 0. The number of aromatic nitrogens is 1. The van der Waals surface area contributed by atoms with Crippen LogP contribution in [0.2, 0.25) is 0 Å². The largest absolute Gasteiger partial charge is 0.444 e. The topological polar surface area (TPSA) is 55.6 Å². The van der Waals surface area contributed by atoms with Crippen molar-refractivity contribution in [2.75, 3.05) is 6.54 Å². The van der Waals surface area contributed by atoms with Gasteiger partial charge in [0.25, 0.3) is 0 Å². The molecule has 0 radical (unpaired) electrons. The summed E-state index contributed by atoms with van der Waals surface area (Å²) in [4.78, 5) is 14.0. The number of nitrogens with zero attached hydrogens (tertiary/aromatic N) is 2. The predicted octanol–water partition coefficient (Wildman–Crippen LogP) is 3.70. The lowest BCUT2D eigenvalue weighted by molar-refractivity contribution is 0.0204. The zero-order chi connectivity index (χ0) is 14.8. The Bertz CT molecular complexity index is 462. The summed E-state index contributed by atoms with van der Waals surface area (Å²) in [5.41, 5.74) is 0.484. The molecule has 0 bridgehead atoms. The van der Waals surface area contributed by atoms with Crippen LogP contribution in [0.15, 0.2) is 10.6 Å². The highest BCUT2D eigenvalue weighted by molar-refractivity contribution is 5.69. The van der Waals surface area contributed by atoms with Gasteiger partial charge < -0.3 is 9.26 Å². The molecule has 2 heterocycles. The van der Waals surface area contributed by atoms with Crippen molar-refractivity contribution in [3.63, 3.8) is 0 Å². The van der Waals surface area contributed by atoms with E-state index in [0.717, 1.165) is 37.1 Å². The molecule has 1 saturated heterocycles. The molecule has 112 valence electrons. The van der Waals surface area contributed by atoms with Crippen LogP contribution >= 0.6 is 0 Å². The van der Waals surface area contributed by atoms with Crippen molar-refractivity contribution < 1.29 is 14.1 Å². The van der Waals surface area contributed by atoms with Crippen molar-refractivity contribution in [2.24, 2.45) is 0 Å². The van der Waals surface area contributed by atoms with E-state index in [1.807, 2.05) is 26.8 Å². The van der Waals surface area contributed by atoms with E-state index in [1.54, 1.807) is 4.90 Å². The summed E-state index contributed by atoms with van der Waals surface area (Å²) in [6.07, 6.45) is 3.54. The Kier molecular flexibility index (Phi) is 4.35. The van der Waals surface area contributed by atoms with Crippen LogP contribution in [0, 0.1) is 0 Å². The van der Waals surface area contributed by atoms with E-state index < -0.39 is 5.60 Å². The first-order valence-electron chi connectivity index (χ1n) is 7.36. The van der Waals surface area contributed by atoms with Crippen molar-refractivity contribution in [3.05, 3.63) is 17.5 Å². The second-order valence-corrected chi connectivity index (χ2v) is 6.30. The number of ether oxygens (including phenoxy) is 1. The molecule has 5 nitrogen and oxygen atoms in total. The SMILES string of the molecule is CCCc1cc([C@@H]2CCCN2C(=O)OC(C)(C)C)on1. The number of aryl methyl sites for hydroxylation is 1. The molecule has 1 fully saturated rings. The van der Waals surface area contributed by atoms with Gasteiger partial charge in [-0.15, -0.1) is 0 Å². The Hall–Kier alpha value is -1.52. The summed E-state index contributed by atoms with van der Waals surface area (Å²) < 4.78 is 10.9. The summed E-state index contributed by atoms with van der Waals surface area (Å²) in [5, 5.41) is 4.07. The van der Waals surface area contributed by atoms with Crippen LogP contribution in [0.3, 0.4) is 0 Å². The maximum Gasteiger partial charge on any atom is 0.410 e. The predicted molar refractivity (Wildman–Crippen MR) is 75.4 cm³/mol. The minimum absolute atomic E-state index is 0.0389. The van der Waals surface area contributed by atoms with Gasteiger partial charge in [0, 0.05) is 12.6 Å². The third-order valence-electron chi connectivity index (χ3n) is 3.29. The van der Waals surface area contributed by atoms with Crippen LogP contribution in [-0.4, -0.2) is 28.3 Å². The lowest BCUT2D eigenvalue weighted by atomic mass is 10.1. The lowest BCUT2D eigenvalue weighted by Gasteiger charge is -2.27. The van der Waals surface area contributed by atoms with Crippen LogP contribution in [0.4, 0.5) is 4.79 Å². The molecule has 2 rings (SSSR count). The first-order chi connectivity index (χ1) is 9.40. The number of amides is 1. The lowest BCUT2D eigenvalue weighted by Crippen LogP contribution is -2.36. The molecule has 1 aliphatic rings. The van der Waals surface area contributed by atoms with Gasteiger partial charge in [0.2, 0.25) is 0 Å². The molecule has 1 atom stereocenters. The van der Waals surface area contributed by atoms with Crippen LogP contribution in [0.1, 0.15) is 64.5 Å². The summed E-state index contributed by atoms with van der Waals surface area (Å²) in [6, 6.07) is 1.93. The van der Waals surface area contributed by atoms with Crippen LogP contribution in [0.5, 0.6) is 0 Å². The average molecular weight is 280 g/mol. The highest BCUT2D eigenvalue weighted by Gasteiger charge is 2.35. The van der Waals surface area contributed by atoms with Crippen molar-refractivity contribution >= 4 is 6.09 Å². The zero-order valence-electron chi connectivity index (χ0n) is 12.8. The van der Waals surface area contributed by atoms with Crippen molar-refractivity contribution in [3.8, 4) is 0 Å². The Labute approximate surface area is 120 Å². The Morgan fingerprint density at radius 1 is 1.55 bits per heavy atom. The van der Waals surface area contributed by atoms with E-state index in [0.29, 0.717) is 6.54 Å². The van der Waals surface area contributed by atoms with Gasteiger partial charge in [-0.25, -0.2) is 4.79 Å². The molecule has 0 N–H and O–H groups in total. The Morgan fingerprint density at radius 3 is 2.95 bits per heavy atom. The second-order valence-electron chi connectivity index (χ2n) is 6.30. The number of hydrogen-bond acceptors (Lipinski definition) is 4. The van der Waals surface area contributed by atoms with Gasteiger partial charge >= 0.3 is 6.09 Å². The number of carbonyl (C=O) groups excluding carboxylic acids is 1. The average Bonchev–Trinajstić information content (AvgIpc) is 2.93. The molecular formula is C15H24N2O3. The normalized spacial score (nSPS) is 19.4. The van der Waals surface area contributed by atoms with Gasteiger partial charge in [0.1, 0.15) is 5.60 Å². The molecule has 1 amide bonds. The zero-order valence-corrected chi connectivity index (χ0v) is 12.8. The van der Waals surface area contributed by atoms with Gasteiger partial charge in [0.05, 0.1) is 11.7 Å². The molecule has 0 unspecified atom stereocenters. The maximum absolute atomic E-state index is 12.2. The molecule has 1 aliphatic heterocycles. The number of carbonyl (C=O) groups is 1. The molecule has 0 saturated carbocycles. The van der Waals surface area contributed by atoms with Crippen LogP contribution in [-0.2, 0) is 11.2 Å². The summed E-state index contributed by atoms with van der Waals surface area (Å²) in [6.45, 7) is 8.46. The second kappa shape index (κ2) is 5.85. The van der Waals surface area contributed by atoms with Gasteiger partial charge in [0.15, 0.2) is 5.76 Å². The maximum atomic E-state index is 12.2. The first kappa shape index (κ1) is 14.9. The van der Waals surface area contributed by atoms with E-state index in [1.165, 1.54) is 0 Å². The smallest absolute Gasteiger partial charge is 0.410 e. The molecule has 0 aromatic carbocycles. The van der Waals surface area contributed by atoms with Crippen molar-refractivity contribution in [1.82, 2.24) is 10.1 Å². The van der Waals surface area contributed by atoms with E-state index in [2.05, 4.69) is 12.1 Å². The number of rotatable bonds is 3. The van der Waals surface area contributed by atoms with Gasteiger partial charge in [-0.1, -0.05) is 18.5 Å². The van der Waals surface area contributed by atoms with E-state index in [-0.39, 0.29) is 12.1 Å². The summed E-state index contributed by atoms with van der Waals surface area (Å²) in [7, 11) is 0. The first-order valence-corrected chi connectivity index (χ1v) is 7.36. The fraction of sp³-hybridized carbons (Fsp3) is 0.733. The molecule has 0 aliphatic carbocycles. The van der Waals surface area contributed by atoms with Gasteiger partial charge in [-0.2, -0.15) is 0 Å². The number of hydrogen-bond donors (Lipinski definition) is 0. The van der Waals surface area contributed by atoms with E-state index >= 15 is 0 Å². The van der Waals surface area contributed by atoms with Gasteiger partial charge in [-0.3, -0.25) is 4.90 Å². The van der Waals surface area contributed by atoms with Crippen molar-refractivity contribution in [2.45, 2.75) is 65.0 Å². The standard InChI is InChI=1S/C15H24N2O3/c1-5-7-11-10-13(20-16-11)12-8-6-9-17(12)14(18)19-15(2,3)4/h10,12H,5-9H2,1-4H3/t12-/m0/s1. The highest BCUT2D eigenvalue weighted by atomic mass is 16.6. The fourth-order valence-corrected chi connectivity index (χ4v) is 2.46. The molecular weight excluding hydrogens is 256 g/mol. The van der Waals surface area contributed by atoms with Crippen LogP contribution in [0.25, 0.3) is 0 Å². The van der Waals surface area contributed by atoms with E-state index in [9.17, 15) is 4.79 Å². The quantitative estimate of drug-likeness (QED) is 0.847. The fourth-order valence-electron chi connectivity index (χ4n) is 2.46. The minimum Gasteiger partial charge on any atom is -0.444 e. The Balaban J connectivity index is 2.08. The third kappa shape index (κ3) is 3.52. The molecule has 5 heteroatoms.